The zero-order valence-corrected chi connectivity index (χ0v) is 12.8. The summed E-state index contributed by atoms with van der Waals surface area (Å²) < 4.78 is 5.39. The SMILES string of the molecule is CCc1cc(N(CC)CCN2CCOCC2)ccc1N. The molecule has 1 aliphatic heterocycles. The molecule has 20 heavy (non-hydrogen) atoms. The fourth-order valence-electron chi connectivity index (χ4n) is 2.65. The average molecular weight is 277 g/mol. The van der Waals surface area contributed by atoms with Gasteiger partial charge in [0.15, 0.2) is 0 Å². The number of hydrogen-bond acceptors (Lipinski definition) is 4. The molecule has 1 heterocycles. The van der Waals surface area contributed by atoms with Crippen LogP contribution in [0.4, 0.5) is 11.4 Å². The third-order valence-corrected chi connectivity index (χ3v) is 4.04. The van der Waals surface area contributed by atoms with E-state index >= 15 is 0 Å². The van der Waals surface area contributed by atoms with Gasteiger partial charge >= 0.3 is 0 Å². The van der Waals surface area contributed by atoms with Crippen LogP contribution in [0.2, 0.25) is 0 Å². The number of nitrogen functional groups attached to an aromatic ring is 1. The van der Waals surface area contributed by atoms with E-state index in [-0.39, 0.29) is 0 Å². The van der Waals surface area contributed by atoms with Crippen LogP contribution in [0.3, 0.4) is 0 Å². The number of aryl methyl sites for hydroxylation is 1. The number of rotatable bonds is 6. The predicted molar refractivity (Wildman–Crippen MR) is 85.4 cm³/mol. The molecule has 0 spiro atoms. The van der Waals surface area contributed by atoms with Gasteiger partial charge in [0, 0.05) is 44.1 Å². The summed E-state index contributed by atoms with van der Waals surface area (Å²) in [6, 6.07) is 6.40. The van der Waals surface area contributed by atoms with Gasteiger partial charge in [-0.2, -0.15) is 0 Å². The van der Waals surface area contributed by atoms with Crippen molar-refractivity contribution in [3.8, 4) is 0 Å². The number of nitrogens with zero attached hydrogens (tertiary/aromatic N) is 2. The number of benzene rings is 1. The van der Waals surface area contributed by atoms with Crippen LogP contribution in [-0.4, -0.2) is 50.8 Å². The summed E-state index contributed by atoms with van der Waals surface area (Å²) in [5, 5.41) is 0. The highest BCUT2D eigenvalue weighted by Gasteiger charge is 2.12. The lowest BCUT2D eigenvalue weighted by atomic mass is 10.1. The van der Waals surface area contributed by atoms with Crippen molar-refractivity contribution < 1.29 is 4.74 Å². The third kappa shape index (κ3) is 3.87. The lowest BCUT2D eigenvalue weighted by Gasteiger charge is -2.30. The van der Waals surface area contributed by atoms with Crippen LogP contribution in [-0.2, 0) is 11.2 Å². The Hall–Kier alpha value is -1.26. The van der Waals surface area contributed by atoms with Gasteiger partial charge in [0.25, 0.3) is 0 Å². The van der Waals surface area contributed by atoms with Gasteiger partial charge in [0.2, 0.25) is 0 Å². The van der Waals surface area contributed by atoms with Crippen molar-refractivity contribution in [3.63, 3.8) is 0 Å². The summed E-state index contributed by atoms with van der Waals surface area (Å²) in [7, 11) is 0. The highest BCUT2D eigenvalue weighted by molar-refractivity contribution is 5.58. The Morgan fingerprint density at radius 3 is 2.65 bits per heavy atom. The Balaban J connectivity index is 1.96. The molecule has 4 heteroatoms. The van der Waals surface area contributed by atoms with Gasteiger partial charge in [-0.25, -0.2) is 0 Å². The van der Waals surface area contributed by atoms with E-state index in [1.165, 1.54) is 11.3 Å². The fraction of sp³-hybridized carbons (Fsp3) is 0.625. The average Bonchev–Trinajstić information content (AvgIpc) is 2.50. The van der Waals surface area contributed by atoms with Crippen LogP contribution in [0.15, 0.2) is 18.2 Å². The number of likely N-dealkylation sites (N-methyl/N-ethyl adjacent to an activating group) is 1. The monoisotopic (exact) mass is 277 g/mol. The van der Waals surface area contributed by atoms with E-state index in [0.29, 0.717) is 0 Å². The minimum Gasteiger partial charge on any atom is -0.399 e. The quantitative estimate of drug-likeness (QED) is 0.808. The molecule has 0 amide bonds. The van der Waals surface area contributed by atoms with Crippen molar-refractivity contribution in [1.29, 1.82) is 0 Å². The van der Waals surface area contributed by atoms with E-state index in [1.54, 1.807) is 0 Å². The minimum atomic E-state index is 0.869. The van der Waals surface area contributed by atoms with E-state index in [9.17, 15) is 0 Å². The number of morpholine rings is 1. The van der Waals surface area contributed by atoms with Gasteiger partial charge < -0.3 is 15.4 Å². The van der Waals surface area contributed by atoms with E-state index in [4.69, 9.17) is 10.5 Å². The molecule has 1 aliphatic rings. The van der Waals surface area contributed by atoms with Crippen molar-refractivity contribution in [3.05, 3.63) is 23.8 Å². The molecule has 1 fully saturated rings. The van der Waals surface area contributed by atoms with Crippen LogP contribution in [0, 0.1) is 0 Å². The second kappa shape index (κ2) is 7.50. The molecule has 112 valence electrons. The first-order valence-electron chi connectivity index (χ1n) is 7.68. The zero-order valence-electron chi connectivity index (χ0n) is 12.8. The molecule has 0 atom stereocenters. The lowest BCUT2D eigenvalue weighted by molar-refractivity contribution is 0.0392. The maximum Gasteiger partial charge on any atom is 0.0594 e. The Bertz CT molecular complexity index is 416. The van der Waals surface area contributed by atoms with Gasteiger partial charge in [0.1, 0.15) is 0 Å². The van der Waals surface area contributed by atoms with Gasteiger partial charge in [-0.05, 0) is 37.1 Å². The highest BCUT2D eigenvalue weighted by Crippen LogP contribution is 2.21. The summed E-state index contributed by atoms with van der Waals surface area (Å²) in [5.41, 5.74) is 9.42. The minimum absolute atomic E-state index is 0.869. The molecule has 0 unspecified atom stereocenters. The van der Waals surface area contributed by atoms with Gasteiger partial charge in [-0.3, -0.25) is 4.90 Å². The topological polar surface area (TPSA) is 41.7 Å². The molecule has 2 N–H and O–H groups in total. The van der Waals surface area contributed by atoms with Gasteiger partial charge in [0.05, 0.1) is 13.2 Å². The fourth-order valence-corrected chi connectivity index (χ4v) is 2.65. The van der Waals surface area contributed by atoms with Crippen LogP contribution >= 0.6 is 0 Å². The largest absolute Gasteiger partial charge is 0.399 e. The Labute approximate surface area is 122 Å². The summed E-state index contributed by atoms with van der Waals surface area (Å²) >= 11 is 0. The second-order valence-electron chi connectivity index (χ2n) is 5.27. The lowest BCUT2D eigenvalue weighted by Crippen LogP contribution is -2.41. The first kappa shape index (κ1) is 15.1. The molecule has 0 aliphatic carbocycles. The van der Waals surface area contributed by atoms with Crippen molar-refractivity contribution in [1.82, 2.24) is 4.90 Å². The van der Waals surface area contributed by atoms with E-state index < -0.39 is 0 Å². The third-order valence-electron chi connectivity index (χ3n) is 4.04. The van der Waals surface area contributed by atoms with E-state index in [0.717, 1.165) is 58.0 Å². The molecule has 1 aromatic rings. The van der Waals surface area contributed by atoms with Crippen molar-refractivity contribution in [2.24, 2.45) is 0 Å². The molecular formula is C16H27N3O. The van der Waals surface area contributed by atoms with Gasteiger partial charge in [-0.15, -0.1) is 0 Å². The smallest absolute Gasteiger partial charge is 0.0594 e. The van der Waals surface area contributed by atoms with E-state index in [2.05, 4.69) is 35.8 Å². The summed E-state index contributed by atoms with van der Waals surface area (Å²) in [6.07, 6.45) is 0.987. The molecule has 0 bridgehead atoms. The maximum absolute atomic E-state index is 5.99. The zero-order chi connectivity index (χ0) is 14.4. The number of hydrogen-bond donors (Lipinski definition) is 1. The summed E-state index contributed by atoms with van der Waals surface area (Å²) in [6.45, 7) is 11.4. The van der Waals surface area contributed by atoms with Gasteiger partial charge in [-0.1, -0.05) is 6.92 Å². The standard InChI is InChI=1S/C16H27N3O/c1-3-14-13-15(5-6-16(14)17)19(4-2)8-7-18-9-11-20-12-10-18/h5-6,13H,3-4,7-12,17H2,1-2H3. The first-order chi connectivity index (χ1) is 9.74. The molecule has 1 saturated heterocycles. The number of anilines is 2. The van der Waals surface area contributed by atoms with Crippen LogP contribution in [0.1, 0.15) is 19.4 Å². The molecule has 0 radical (unpaired) electrons. The summed E-state index contributed by atoms with van der Waals surface area (Å²) in [4.78, 5) is 4.90. The summed E-state index contributed by atoms with van der Waals surface area (Å²) in [5.74, 6) is 0. The van der Waals surface area contributed by atoms with Crippen molar-refractivity contribution in [2.75, 3.05) is 56.6 Å². The molecule has 0 aromatic heterocycles. The Morgan fingerprint density at radius 1 is 1.25 bits per heavy atom. The van der Waals surface area contributed by atoms with Crippen molar-refractivity contribution in [2.45, 2.75) is 20.3 Å². The number of ether oxygens (including phenoxy) is 1. The first-order valence-corrected chi connectivity index (χ1v) is 7.68. The highest BCUT2D eigenvalue weighted by atomic mass is 16.5. The Morgan fingerprint density at radius 2 is 2.00 bits per heavy atom. The van der Waals surface area contributed by atoms with E-state index in [1.807, 2.05) is 6.07 Å². The molecule has 4 nitrogen and oxygen atoms in total. The Kier molecular flexibility index (Phi) is 5.68. The van der Waals surface area contributed by atoms with Crippen molar-refractivity contribution >= 4 is 11.4 Å². The molecule has 1 aromatic carbocycles. The molecular weight excluding hydrogens is 250 g/mol. The maximum atomic E-state index is 5.99. The number of nitrogens with two attached hydrogens (primary N) is 1. The van der Waals surface area contributed by atoms with Crippen LogP contribution in [0.5, 0.6) is 0 Å². The normalized spacial score (nSPS) is 16.3. The van der Waals surface area contributed by atoms with Crippen LogP contribution < -0.4 is 10.6 Å². The predicted octanol–water partition coefficient (Wildman–Crippen LogP) is 1.99. The molecule has 2 rings (SSSR count). The second-order valence-corrected chi connectivity index (χ2v) is 5.27. The van der Waals surface area contributed by atoms with Crippen LogP contribution in [0.25, 0.3) is 0 Å². The molecule has 0 saturated carbocycles.